The van der Waals surface area contributed by atoms with Gasteiger partial charge in [0.05, 0.1) is 12.6 Å². The SMILES string of the molecule is CCOC(=O)C1=C(C)[C@H](c2ccc(F)cc2)NC(=O)N1. The number of amides is 2. The monoisotopic (exact) mass is 278 g/mol. The molecule has 1 aliphatic heterocycles. The van der Waals surface area contributed by atoms with Gasteiger partial charge in [-0.2, -0.15) is 0 Å². The average Bonchev–Trinajstić information content (AvgIpc) is 2.42. The number of hydrogen-bond donors (Lipinski definition) is 2. The molecule has 2 amide bonds. The molecule has 1 aliphatic rings. The van der Waals surface area contributed by atoms with Gasteiger partial charge in [0.1, 0.15) is 11.5 Å². The molecule has 106 valence electrons. The van der Waals surface area contributed by atoms with Gasteiger partial charge in [-0.1, -0.05) is 12.1 Å². The first kappa shape index (κ1) is 14.0. The quantitative estimate of drug-likeness (QED) is 0.831. The highest BCUT2D eigenvalue weighted by molar-refractivity contribution is 5.96. The van der Waals surface area contributed by atoms with Crippen molar-refractivity contribution >= 4 is 12.0 Å². The molecule has 0 saturated heterocycles. The Labute approximate surface area is 115 Å². The normalized spacial score (nSPS) is 18.4. The molecule has 0 unspecified atom stereocenters. The highest BCUT2D eigenvalue weighted by Crippen LogP contribution is 2.26. The largest absolute Gasteiger partial charge is 0.461 e. The first-order chi connectivity index (χ1) is 9.52. The number of ether oxygens (including phenoxy) is 1. The molecule has 6 heteroatoms. The van der Waals surface area contributed by atoms with Crippen LogP contribution in [0.3, 0.4) is 0 Å². The average molecular weight is 278 g/mol. The lowest BCUT2D eigenvalue weighted by molar-refractivity contribution is -0.139. The summed E-state index contributed by atoms with van der Waals surface area (Å²) >= 11 is 0. The van der Waals surface area contributed by atoms with Gasteiger partial charge in [0, 0.05) is 0 Å². The van der Waals surface area contributed by atoms with Gasteiger partial charge >= 0.3 is 12.0 Å². The van der Waals surface area contributed by atoms with Crippen LogP contribution in [0.15, 0.2) is 35.5 Å². The number of halogens is 1. The fraction of sp³-hybridized carbons (Fsp3) is 0.286. The number of urea groups is 1. The van der Waals surface area contributed by atoms with Crippen LogP contribution in [-0.4, -0.2) is 18.6 Å². The molecule has 0 spiro atoms. The highest BCUT2D eigenvalue weighted by atomic mass is 19.1. The minimum absolute atomic E-state index is 0.130. The zero-order valence-electron chi connectivity index (χ0n) is 11.2. The summed E-state index contributed by atoms with van der Waals surface area (Å²) in [4.78, 5) is 23.4. The lowest BCUT2D eigenvalue weighted by Crippen LogP contribution is -2.45. The van der Waals surface area contributed by atoms with Crippen LogP contribution >= 0.6 is 0 Å². The first-order valence-electron chi connectivity index (χ1n) is 6.23. The first-order valence-corrected chi connectivity index (χ1v) is 6.23. The number of carbonyl (C=O) groups excluding carboxylic acids is 2. The molecule has 1 atom stereocenters. The van der Waals surface area contributed by atoms with E-state index in [1.807, 2.05) is 0 Å². The standard InChI is InChI=1S/C14H15FN2O3/c1-3-20-13(18)12-8(2)11(16-14(19)17-12)9-4-6-10(15)7-5-9/h4-7,11H,3H2,1-2H3,(H2,16,17,19)/t11-/m1/s1. The van der Waals surface area contributed by atoms with Crippen molar-refractivity contribution in [2.24, 2.45) is 0 Å². The Balaban J connectivity index is 2.37. The third-order valence-corrected chi connectivity index (χ3v) is 3.02. The van der Waals surface area contributed by atoms with Gasteiger partial charge in [-0.25, -0.2) is 14.0 Å². The summed E-state index contributed by atoms with van der Waals surface area (Å²) in [7, 11) is 0. The molecule has 1 heterocycles. The maximum absolute atomic E-state index is 12.9. The Bertz CT molecular complexity index is 566. The fourth-order valence-corrected chi connectivity index (χ4v) is 2.04. The number of benzene rings is 1. The van der Waals surface area contributed by atoms with Crippen molar-refractivity contribution in [1.29, 1.82) is 0 Å². The van der Waals surface area contributed by atoms with Crippen LogP contribution in [0.1, 0.15) is 25.5 Å². The predicted octanol–water partition coefficient (Wildman–Crippen LogP) is 2.02. The van der Waals surface area contributed by atoms with Gasteiger partial charge < -0.3 is 15.4 Å². The number of carbonyl (C=O) groups is 2. The van der Waals surface area contributed by atoms with E-state index in [9.17, 15) is 14.0 Å². The van der Waals surface area contributed by atoms with Crippen molar-refractivity contribution in [3.05, 3.63) is 46.9 Å². The Morgan fingerprint density at radius 3 is 2.60 bits per heavy atom. The molecule has 0 radical (unpaired) electrons. The smallest absolute Gasteiger partial charge is 0.354 e. The Hall–Kier alpha value is -2.37. The van der Waals surface area contributed by atoms with Gasteiger partial charge in [0.15, 0.2) is 0 Å². The second-order valence-electron chi connectivity index (χ2n) is 4.36. The van der Waals surface area contributed by atoms with Crippen molar-refractivity contribution in [1.82, 2.24) is 10.6 Å². The van der Waals surface area contributed by atoms with Gasteiger partial charge in [0.25, 0.3) is 0 Å². The predicted molar refractivity (Wildman–Crippen MR) is 70.1 cm³/mol. The van der Waals surface area contributed by atoms with Gasteiger partial charge in [-0.15, -0.1) is 0 Å². The molecule has 0 saturated carbocycles. The van der Waals surface area contributed by atoms with Crippen molar-refractivity contribution in [3.63, 3.8) is 0 Å². The molecule has 2 rings (SSSR count). The van der Waals surface area contributed by atoms with Crippen LogP contribution in [0.5, 0.6) is 0 Å². The fourth-order valence-electron chi connectivity index (χ4n) is 2.04. The Kier molecular flexibility index (Phi) is 4.02. The second-order valence-corrected chi connectivity index (χ2v) is 4.36. The number of rotatable bonds is 3. The molecule has 0 aliphatic carbocycles. The molecule has 0 fully saturated rings. The van der Waals surface area contributed by atoms with Crippen molar-refractivity contribution < 1.29 is 18.7 Å². The number of nitrogens with one attached hydrogen (secondary N) is 2. The van der Waals surface area contributed by atoms with Crippen LogP contribution in [0.25, 0.3) is 0 Å². The molecule has 1 aromatic rings. The van der Waals surface area contributed by atoms with E-state index in [0.29, 0.717) is 11.1 Å². The van der Waals surface area contributed by atoms with Crippen molar-refractivity contribution in [3.8, 4) is 0 Å². The van der Waals surface area contributed by atoms with Gasteiger partial charge in [0.2, 0.25) is 0 Å². The maximum Gasteiger partial charge on any atom is 0.354 e. The summed E-state index contributed by atoms with van der Waals surface area (Å²) in [6, 6.07) is 4.77. The molecule has 5 nitrogen and oxygen atoms in total. The minimum atomic E-state index is -0.577. The molecular weight excluding hydrogens is 263 g/mol. The zero-order valence-corrected chi connectivity index (χ0v) is 11.2. The number of esters is 1. The van der Waals surface area contributed by atoms with E-state index in [2.05, 4.69) is 10.6 Å². The Morgan fingerprint density at radius 2 is 2.00 bits per heavy atom. The summed E-state index contributed by atoms with van der Waals surface area (Å²) in [6.45, 7) is 3.63. The van der Waals surface area contributed by atoms with Crippen LogP contribution < -0.4 is 10.6 Å². The summed E-state index contributed by atoms with van der Waals surface area (Å²) in [5.74, 6) is -0.937. The van der Waals surface area contributed by atoms with E-state index in [4.69, 9.17) is 4.74 Å². The van der Waals surface area contributed by atoms with Crippen molar-refractivity contribution in [2.45, 2.75) is 19.9 Å². The summed E-state index contributed by atoms with van der Waals surface area (Å²) < 4.78 is 17.9. The van der Waals surface area contributed by atoms with Gasteiger partial charge in [-0.3, -0.25) is 0 Å². The molecule has 0 bridgehead atoms. The minimum Gasteiger partial charge on any atom is -0.461 e. The van der Waals surface area contributed by atoms with E-state index >= 15 is 0 Å². The number of hydrogen-bond acceptors (Lipinski definition) is 3. The van der Waals surface area contributed by atoms with E-state index in [1.54, 1.807) is 26.0 Å². The molecule has 0 aromatic heterocycles. The van der Waals surface area contributed by atoms with Crippen molar-refractivity contribution in [2.75, 3.05) is 6.61 Å². The van der Waals surface area contributed by atoms with Crippen LogP contribution in [0, 0.1) is 5.82 Å². The van der Waals surface area contributed by atoms with E-state index in [0.717, 1.165) is 0 Å². The lowest BCUT2D eigenvalue weighted by Gasteiger charge is -2.27. The zero-order chi connectivity index (χ0) is 14.7. The summed E-state index contributed by atoms with van der Waals surface area (Å²) in [5, 5.41) is 5.13. The van der Waals surface area contributed by atoms with E-state index in [1.165, 1.54) is 12.1 Å². The van der Waals surface area contributed by atoms with E-state index in [-0.39, 0.29) is 18.1 Å². The maximum atomic E-state index is 12.9. The molecular formula is C14H15FN2O3. The van der Waals surface area contributed by atoms with Gasteiger partial charge in [-0.05, 0) is 37.1 Å². The van der Waals surface area contributed by atoms with Crippen LogP contribution in [0.2, 0.25) is 0 Å². The third kappa shape index (κ3) is 2.79. The summed E-state index contributed by atoms with van der Waals surface area (Å²) in [6.07, 6.45) is 0. The van der Waals surface area contributed by atoms with Crippen LogP contribution in [-0.2, 0) is 9.53 Å². The lowest BCUT2D eigenvalue weighted by atomic mass is 9.96. The molecule has 2 N–H and O–H groups in total. The van der Waals surface area contributed by atoms with Crippen LogP contribution in [0.4, 0.5) is 9.18 Å². The third-order valence-electron chi connectivity index (χ3n) is 3.02. The van der Waals surface area contributed by atoms with E-state index < -0.39 is 18.0 Å². The highest BCUT2D eigenvalue weighted by Gasteiger charge is 2.29. The topological polar surface area (TPSA) is 67.4 Å². The summed E-state index contributed by atoms with van der Waals surface area (Å²) in [5.41, 5.74) is 1.44. The molecule has 1 aromatic carbocycles. The second kappa shape index (κ2) is 5.73. The molecule has 20 heavy (non-hydrogen) atoms. The Morgan fingerprint density at radius 1 is 1.35 bits per heavy atom.